The first-order chi connectivity index (χ1) is 7.63. The molecule has 1 aromatic rings. The smallest absolute Gasteiger partial charge is 0.319 e. The summed E-state index contributed by atoms with van der Waals surface area (Å²) in [6.45, 7) is 2.28. The second kappa shape index (κ2) is 4.99. The first kappa shape index (κ1) is 11.6. The fourth-order valence-corrected chi connectivity index (χ4v) is 2.35. The third-order valence-electron chi connectivity index (χ3n) is 2.93. The number of anilines is 1. The molecule has 0 amide bonds. The molecule has 0 aromatic carbocycles. The molecule has 4 nitrogen and oxygen atoms in total. The van der Waals surface area contributed by atoms with Crippen LogP contribution in [0.2, 0.25) is 0 Å². The molecule has 1 heterocycles. The summed E-state index contributed by atoms with van der Waals surface area (Å²) in [5, 5.41) is 0. The molecule has 1 fully saturated rings. The Morgan fingerprint density at radius 1 is 1.31 bits per heavy atom. The minimum absolute atomic E-state index is 0.241. The Labute approximate surface area is 104 Å². The van der Waals surface area contributed by atoms with Gasteiger partial charge in [0, 0.05) is 6.07 Å². The van der Waals surface area contributed by atoms with Crippen LogP contribution in [0.3, 0.4) is 0 Å². The SMILES string of the molecule is CC1CCC(Oc2nc(N)cc(Br)n2)CC1. The van der Waals surface area contributed by atoms with Crippen molar-refractivity contribution in [3.05, 3.63) is 10.7 Å². The maximum absolute atomic E-state index is 5.73. The van der Waals surface area contributed by atoms with Crippen LogP contribution in [0.15, 0.2) is 10.7 Å². The van der Waals surface area contributed by atoms with Crippen molar-refractivity contribution in [1.29, 1.82) is 0 Å². The first-order valence-electron chi connectivity index (χ1n) is 5.60. The van der Waals surface area contributed by atoms with E-state index in [1.807, 2.05) is 0 Å². The molecule has 0 saturated heterocycles. The molecule has 2 N–H and O–H groups in total. The van der Waals surface area contributed by atoms with Crippen LogP contribution in [0, 0.1) is 5.92 Å². The summed E-state index contributed by atoms with van der Waals surface area (Å²) in [6, 6.07) is 2.04. The zero-order valence-electron chi connectivity index (χ0n) is 9.32. The van der Waals surface area contributed by atoms with Crippen molar-refractivity contribution in [1.82, 2.24) is 9.97 Å². The van der Waals surface area contributed by atoms with Crippen LogP contribution in [0.4, 0.5) is 5.82 Å². The van der Waals surface area contributed by atoms with E-state index < -0.39 is 0 Å². The van der Waals surface area contributed by atoms with Gasteiger partial charge < -0.3 is 10.5 Å². The molecule has 0 aliphatic heterocycles. The van der Waals surface area contributed by atoms with E-state index in [4.69, 9.17) is 10.5 Å². The molecule has 16 heavy (non-hydrogen) atoms. The third-order valence-corrected chi connectivity index (χ3v) is 3.34. The van der Waals surface area contributed by atoms with Crippen molar-refractivity contribution in [2.45, 2.75) is 38.7 Å². The Morgan fingerprint density at radius 2 is 2.00 bits per heavy atom. The van der Waals surface area contributed by atoms with Crippen molar-refractivity contribution in [2.24, 2.45) is 5.92 Å². The zero-order valence-corrected chi connectivity index (χ0v) is 10.9. The van der Waals surface area contributed by atoms with Gasteiger partial charge in [0.05, 0.1) is 0 Å². The number of nitrogens with two attached hydrogens (primary N) is 1. The number of ether oxygens (including phenoxy) is 1. The maximum Gasteiger partial charge on any atom is 0.319 e. The predicted octanol–water partition coefficient (Wildman–Crippen LogP) is 2.78. The van der Waals surface area contributed by atoms with Crippen LogP contribution in [-0.2, 0) is 0 Å². The lowest BCUT2D eigenvalue weighted by Gasteiger charge is -2.25. The van der Waals surface area contributed by atoms with E-state index in [1.54, 1.807) is 6.07 Å². The average Bonchev–Trinajstić information content (AvgIpc) is 2.20. The second-order valence-electron chi connectivity index (χ2n) is 4.40. The maximum atomic E-state index is 5.73. The molecule has 5 heteroatoms. The lowest BCUT2D eigenvalue weighted by Crippen LogP contribution is -2.24. The summed E-state index contributed by atoms with van der Waals surface area (Å²) in [5.74, 6) is 1.24. The molecular weight excluding hydrogens is 270 g/mol. The van der Waals surface area contributed by atoms with Gasteiger partial charge in [0.25, 0.3) is 0 Å². The lowest BCUT2D eigenvalue weighted by molar-refractivity contribution is 0.124. The third kappa shape index (κ3) is 3.07. The fourth-order valence-electron chi connectivity index (χ4n) is 1.96. The summed E-state index contributed by atoms with van der Waals surface area (Å²) in [7, 11) is 0. The minimum Gasteiger partial charge on any atom is -0.460 e. The largest absolute Gasteiger partial charge is 0.460 e. The van der Waals surface area contributed by atoms with Crippen LogP contribution >= 0.6 is 15.9 Å². The molecule has 1 saturated carbocycles. The summed E-state index contributed by atoms with van der Waals surface area (Å²) in [4.78, 5) is 8.21. The highest BCUT2D eigenvalue weighted by atomic mass is 79.9. The van der Waals surface area contributed by atoms with Gasteiger partial charge in [0.2, 0.25) is 0 Å². The number of aromatic nitrogens is 2. The standard InChI is InChI=1S/C11H16BrN3O/c1-7-2-4-8(5-3-7)16-11-14-9(12)6-10(13)15-11/h6-8H,2-5H2,1H3,(H2,13,14,15). The molecule has 0 atom stereocenters. The zero-order chi connectivity index (χ0) is 11.5. The number of nitrogen functional groups attached to an aromatic ring is 1. The van der Waals surface area contributed by atoms with Gasteiger partial charge in [0.15, 0.2) is 0 Å². The van der Waals surface area contributed by atoms with Crippen molar-refractivity contribution in [3.63, 3.8) is 0 Å². The Kier molecular flexibility index (Phi) is 3.63. The van der Waals surface area contributed by atoms with E-state index in [0.717, 1.165) is 18.8 Å². The molecule has 1 aromatic heterocycles. The molecular formula is C11H16BrN3O. The number of rotatable bonds is 2. The monoisotopic (exact) mass is 285 g/mol. The quantitative estimate of drug-likeness (QED) is 0.849. The summed E-state index contributed by atoms with van der Waals surface area (Å²) < 4.78 is 6.40. The van der Waals surface area contributed by atoms with Crippen LogP contribution in [0.1, 0.15) is 32.6 Å². The normalized spacial score (nSPS) is 25.4. The Hall–Kier alpha value is -0.840. The summed E-state index contributed by atoms with van der Waals surface area (Å²) in [6.07, 6.45) is 4.83. The van der Waals surface area contributed by atoms with Gasteiger partial charge in [-0.1, -0.05) is 6.92 Å². The number of hydrogen-bond donors (Lipinski definition) is 1. The van der Waals surface area contributed by atoms with E-state index >= 15 is 0 Å². The molecule has 0 bridgehead atoms. The fraction of sp³-hybridized carbons (Fsp3) is 0.636. The van der Waals surface area contributed by atoms with Crippen molar-refractivity contribution >= 4 is 21.7 Å². The van der Waals surface area contributed by atoms with E-state index in [-0.39, 0.29) is 6.10 Å². The van der Waals surface area contributed by atoms with Gasteiger partial charge in [-0.2, -0.15) is 9.97 Å². The Balaban J connectivity index is 1.98. The van der Waals surface area contributed by atoms with E-state index in [2.05, 4.69) is 32.8 Å². The predicted molar refractivity (Wildman–Crippen MR) is 66.2 cm³/mol. The number of hydrogen-bond acceptors (Lipinski definition) is 4. The van der Waals surface area contributed by atoms with Gasteiger partial charge in [-0.3, -0.25) is 0 Å². The summed E-state index contributed by atoms with van der Waals surface area (Å²) >= 11 is 3.28. The van der Waals surface area contributed by atoms with Crippen LogP contribution in [0.25, 0.3) is 0 Å². The highest BCUT2D eigenvalue weighted by molar-refractivity contribution is 9.10. The minimum atomic E-state index is 0.241. The Bertz CT molecular complexity index is 344. The van der Waals surface area contributed by atoms with Crippen molar-refractivity contribution < 1.29 is 4.74 Å². The van der Waals surface area contributed by atoms with E-state index in [9.17, 15) is 0 Å². The van der Waals surface area contributed by atoms with Crippen LogP contribution < -0.4 is 10.5 Å². The first-order valence-corrected chi connectivity index (χ1v) is 6.39. The van der Waals surface area contributed by atoms with Crippen LogP contribution in [0.5, 0.6) is 6.01 Å². The number of nitrogens with zero attached hydrogens (tertiary/aromatic N) is 2. The van der Waals surface area contributed by atoms with Gasteiger partial charge in [-0.05, 0) is 47.5 Å². The van der Waals surface area contributed by atoms with Crippen LogP contribution in [-0.4, -0.2) is 16.1 Å². The summed E-state index contributed by atoms with van der Waals surface area (Å²) in [5.41, 5.74) is 5.63. The highest BCUT2D eigenvalue weighted by Gasteiger charge is 2.20. The molecule has 0 radical (unpaired) electrons. The number of halogens is 1. The van der Waals surface area contributed by atoms with Crippen molar-refractivity contribution in [3.8, 4) is 6.01 Å². The van der Waals surface area contributed by atoms with Crippen molar-refractivity contribution in [2.75, 3.05) is 5.73 Å². The van der Waals surface area contributed by atoms with Gasteiger partial charge in [-0.25, -0.2) is 0 Å². The Morgan fingerprint density at radius 3 is 2.62 bits per heavy atom. The molecule has 1 aliphatic rings. The lowest BCUT2D eigenvalue weighted by atomic mass is 9.89. The highest BCUT2D eigenvalue weighted by Crippen LogP contribution is 2.26. The molecule has 0 unspecified atom stereocenters. The topological polar surface area (TPSA) is 61.0 Å². The molecule has 2 rings (SSSR count). The average molecular weight is 286 g/mol. The van der Waals surface area contributed by atoms with Gasteiger partial charge in [0.1, 0.15) is 16.5 Å². The van der Waals surface area contributed by atoms with E-state index in [0.29, 0.717) is 16.4 Å². The van der Waals surface area contributed by atoms with E-state index in [1.165, 1.54) is 12.8 Å². The molecule has 0 spiro atoms. The molecule has 1 aliphatic carbocycles. The van der Waals surface area contributed by atoms with Gasteiger partial charge in [-0.15, -0.1) is 0 Å². The second-order valence-corrected chi connectivity index (χ2v) is 5.21. The van der Waals surface area contributed by atoms with Gasteiger partial charge >= 0.3 is 6.01 Å². The molecule has 88 valence electrons.